The van der Waals surface area contributed by atoms with E-state index in [0.29, 0.717) is 32.0 Å². The zero-order valence-electron chi connectivity index (χ0n) is 16.4. The molecule has 0 radical (unpaired) electrons. The van der Waals surface area contributed by atoms with Gasteiger partial charge in [-0.1, -0.05) is 5.16 Å². The maximum absolute atomic E-state index is 14.5. The molecule has 2 N–H and O–H groups in total. The minimum atomic E-state index is -4.00. The molecule has 0 bridgehead atoms. The molecule has 1 fully saturated rings. The number of carbonyl (C=O) groups is 1. The standard InChI is InChI=1S/C18H23FN4O5S/c1-11-17(13(3)28-21-11)29(25,26)22-12(2)18(24)20-14-4-5-16(15(19)10-14)23-6-8-27-9-7-23/h4-5,10,12,22H,6-9H2,1-3H3,(H,20,24)/t12-/m0/s1. The minimum absolute atomic E-state index is 0.0990. The summed E-state index contributed by atoms with van der Waals surface area (Å²) in [6.07, 6.45) is 0. The molecule has 1 atom stereocenters. The van der Waals surface area contributed by atoms with Gasteiger partial charge in [0.1, 0.15) is 16.4 Å². The number of aromatic nitrogens is 1. The Kier molecular flexibility index (Phi) is 6.20. The van der Waals surface area contributed by atoms with E-state index >= 15 is 0 Å². The lowest BCUT2D eigenvalue weighted by molar-refractivity contribution is -0.117. The monoisotopic (exact) mass is 426 g/mol. The lowest BCUT2D eigenvalue weighted by atomic mass is 10.2. The van der Waals surface area contributed by atoms with E-state index in [9.17, 15) is 17.6 Å². The van der Waals surface area contributed by atoms with E-state index in [-0.39, 0.29) is 22.0 Å². The molecular weight excluding hydrogens is 403 g/mol. The molecule has 29 heavy (non-hydrogen) atoms. The third kappa shape index (κ3) is 4.74. The van der Waals surface area contributed by atoms with Crippen LogP contribution in [0.4, 0.5) is 15.8 Å². The van der Waals surface area contributed by atoms with Crippen molar-refractivity contribution in [2.75, 3.05) is 36.5 Å². The molecule has 9 nitrogen and oxygen atoms in total. The maximum atomic E-state index is 14.5. The molecular formula is C18H23FN4O5S. The van der Waals surface area contributed by atoms with Gasteiger partial charge in [0, 0.05) is 18.8 Å². The van der Waals surface area contributed by atoms with Gasteiger partial charge in [-0.2, -0.15) is 4.72 Å². The Morgan fingerprint density at radius 2 is 1.97 bits per heavy atom. The minimum Gasteiger partial charge on any atom is -0.378 e. The van der Waals surface area contributed by atoms with Crippen LogP contribution in [0.15, 0.2) is 27.6 Å². The van der Waals surface area contributed by atoms with Crippen molar-refractivity contribution in [1.29, 1.82) is 0 Å². The first-order valence-electron chi connectivity index (χ1n) is 9.07. The van der Waals surface area contributed by atoms with E-state index < -0.39 is 27.8 Å². The Morgan fingerprint density at radius 1 is 1.28 bits per heavy atom. The smallest absolute Gasteiger partial charge is 0.246 e. The fourth-order valence-corrected chi connectivity index (χ4v) is 4.63. The van der Waals surface area contributed by atoms with E-state index in [4.69, 9.17) is 9.26 Å². The van der Waals surface area contributed by atoms with Crippen molar-refractivity contribution in [3.8, 4) is 0 Å². The summed E-state index contributed by atoms with van der Waals surface area (Å²) >= 11 is 0. The molecule has 1 aliphatic heterocycles. The molecule has 2 aromatic rings. The number of rotatable bonds is 6. The molecule has 11 heteroatoms. The molecule has 0 saturated carbocycles. The zero-order chi connectivity index (χ0) is 21.2. The predicted molar refractivity (Wildman–Crippen MR) is 104 cm³/mol. The summed E-state index contributed by atoms with van der Waals surface area (Å²) in [6.45, 7) is 6.59. The van der Waals surface area contributed by atoms with Crippen LogP contribution in [0.3, 0.4) is 0 Å². The Hall–Kier alpha value is -2.50. The van der Waals surface area contributed by atoms with Crippen molar-refractivity contribution in [2.24, 2.45) is 0 Å². The third-order valence-corrected chi connectivity index (χ3v) is 6.31. The zero-order valence-corrected chi connectivity index (χ0v) is 17.2. The molecule has 1 amide bonds. The van der Waals surface area contributed by atoms with E-state index in [2.05, 4.69) is 15.2 Å². The van der Waals surface area contributed by atoms with Crippen LogP contribution in [-0.2, 0) is 19.6 Å². The maximum Gasteiger partial charge on any atom is 0.246 e. The molecule has 0 unspecified atom stereocenters. The summed E-state index contributed by atoms with van der Waals surface area (Å²) in [5.41, 5.74) is 0.856. The highest BCUT2D eigenvalue weighted by molar-refractivity contribution is 7.89. The molecule has 2 heterocycles. The summed E-state index contributed by atoms with van der Waals surface area (Å²) in [7, 11) is -4.00. The number of carbonyl (C=O) groups excluding carboxylic acids is 1. The molecule has 158 valence electrons. The highest BCUT2D eigenvalue weighted by Gasteiger charge is 2.28. The van der Waals surface area contributed by atoms with Gasteiger partial charge in [-0.25, -0.2) is 12.8 Å². The number of hydrogen-bond donors (Lipinski definition) is 2. The topological polar surface area (TPSA) is 114 Å². The molecule has 1 saturated heterocycles. The number of halogens is 1. The highest BCUT2D eigenvalue weighted by Crippen LogP contribution is 2.24. The van der Waals surface area contributed by atoms with Crippen molar-refractivity contribution in [3.63, 3.8) is 0 Å². The highest BCUT2D eigenvalue weighted by atomic mass is 32.2. The fourth-order valence-electron chi connectivity index (χ4n) is 3.10. The summed E-state index contributed by atoms with van der Waals surface area (Å²) in [4.78, 5) is 14.2. The lowest BCUT2D eigenvalue weighted by Crippen LogP contribution is -2.41. The van der Waals surface area contributed by atoms with Crippen LogP contribution < -0.4 is 14.9 Å². The number of amides is 1. The third-order valence-electron chi connectivity index (χ3n) is 4.53. The van der Waals surface area contributed by atoms with Gasteiger partial charge in [0.15, 0.2) is 5.76 Å². The van der Waals surface area contributed by atoms with Crippen LogP contribution in [0.2, 0.25) is 0 Å². The van der Waals surface area contributed by atoms with E-state index in [1.807, 2.05) is 4.90 Å². The van der Waals surface area contributed by atoms with Gasteiger partial charge in [-0.3, -0.25) is 4.79 Å². The summed E-state index contributed by atoms with van der Waals surface area (Å²) in [5.74, 6) is -0.976. The van der Waals surface area contributed by atoms with Crippen molar-refractivity contribution in [3.05, 3.63) is 35.5 Å². The number of morpholine rings is 1. The number of benzene rings is 1. The van der Waals surface area contributed by atoms with Crippen LogP contribution in [0.5, 0.6) is 0 Å². The van der Waals surface area contributed by atoms with Gasteiger partial charge >= 0.3 is 0 Å². The van der Waals surface area contributed by atoms with Gasteiger partial charge in [0.05, 0.1) is 24.9 Å². The summed E-state index contributed by atoms with van der Waals surface area (Å²) in [5, 5.41) is 6.13. The van der Waals surface area contributed by atoms with E-state index in [1.54, 1.807) is 12.1 Å². The van der Waals surface area contributed by atoms with Gasteiger partial charge in [0.2, 0.25) is 15.9 Å². The van der Waals surface area contributed by atoms with Crippen molar-refractivity contribution in [1.82, 2.24) is 9.88 Å². The van der Waals surface area contributed by atoms with Gasteiger partial charge in [-0.05, 0) is 39.0 Å². The Bertz CT molecular complexity index is 982. The number of nitrogens with zero attached hydrogens (tertiary/aromatic N) is 2. The Balaban J connectivity index is 1.67. The first-order chi connectivity index (χ1) is 13.7. The van der Waals surface area contributed by atoms with Crippen LogP contribution in [0, 0.1) is 19.7 Å². The Labute approximate surface area is 168 Å². The van der Waals surface area contributed by atoms with Crippen molar-refractivity contribution in [2.45, 2.75) is 31.7 Å². The van der Waals surface area contributed by atoms with Crippen LogP contribution in [-0.4, -0.2) is 51.8 Å². The molecule has 1 aliphatic rings. The second-order valence-electron chi connectivity index (χ2n) is 6.75. The summed E-state index contributed by atoms with van der Waals surface area (Å²) in [6, 6.07) is 3.25. The number of nitrogens with one attached hydrogen (secondary N) is 2. The van der Waals surface area contributed by atoms with Gasteiger partial charge in [0.25, 0.3) is 0 Å². The molecule has 3 rings (SSSR count). The lowest BCUT2D eigenvalue weighted by Gasteiger charge is -2.29. The van der Waals surface area contributed by atoms with Gasteiger partial charge in [-0.15, -0.1) is 0 Å². The number of aryl methyl sites for hydroxylation is 2. The fraction of sp³-hybridized carbons (Fsp3) is 0.444. The molecule has 0 aliphatic carbocycles. The Morgan fingerprint density at radius 3 is 2.55 bits per heavy atom. The molecule has 0 spiro atoms. The van der Waals surface area contributed by atoms with Crippen molar-refractivity contribution < 1.29 is 26.9 Å². The second kappa shape index (κ2) is 8.47. The number of sulfonamides is 1. The average molecular weight is 426 g/mol. The SMILES string of the molecule is Cc1noc(C)c1S(=O)(=O)N[C@@H](C)C(=O)Nc1ccc(N2CCOCC2)c(F)c1. The average Bonchev–Trinajstić information content (AvgIpc) is 3.01. The number of anilines is 2. The first-order valence-corrected chi connectivity index (χ1v) is 10.6. The van der Waals surface area contributed by atoms with Crippen molar-refractivity contribution >= 4 is 27.3 Å². The van der Waals surface area contributed by atoms with E-state index in [0.717, 1.165) is 0 Å². The largest absolute Gasteiger partial charge is 0.378 e. The summed E-state index contributed by atoms with van der Waals surface area (Å²) < 4.78 is 51.9. The van der Waals surface area contributed by atoms with Crippen LogP contribution in [0.1, 0.15) is 18.4 Å². The molecule has 1 aromatic heterocycles. The number of ether oxygens (including phenoxy) is 1. The predicted octanol–water partition coefficient (Wildman–Crippen LogP) is 1.57. The van der Waals surface area contributed by atoms with E-state index in [1.165, 1.54) is 26.8 Å². The quantitative estimate of drug-likeness (QED) is 0.721. The van der Waals surface area contributed by atoms with Crippen LogP contribution in [0.25, 0.3) is 0 Å². The second-order valence-corrected chi connectivity index (χ2v) is 8.40. The first kappa shape index (κ1) is 21.2. The number of hydrogen-bond acceptors (Lipinski definition) is 7. The van der Waals surface area contributed by atoms with Crippen LogP contribution >= 0.6 is 0 Å². The normalized spacial score (nSPS) is 15.9. The van der Waals surface area contributed by atoms with Gasteiger partial charge < -0.3 is 19.5 Å². The molecule has 1 aromatic carbocycles.